The van der Waals surface area contributed by atoms with Gasteiger partial charge in [0.05, 0.1) is 29.7 Å². The van der Waals surface area contributed by atoms with Gasteiger partial charge in [0.25, 0.3) is 0 Å². The van der Waals surface area contributed by atoms with Gasteiger partial charge in [0.1, 0.15) is 0 Å². The molecule has 4 atom stereocenters. The summed E-state index contributed by atoms with van der Waals surface area (Å²) in [5.74, 6) is -3.74. The number of para-hydroxylation sites is 1. The minimum absolute atomic E-state index is 0.0349. The number of nitrogens with one attached hydrogen (secondary N) is 1. The van der Waals surface area contributed by atoms with Gasteiger partial charge in [-0.3, -0.25) is 24.1 Å². The zero-order valence-electron chi connectivity index (χ0n) is 24.5. The van der Waals surface area contributed by atoms with Crippen molar-refractivity contribution in [2.24, 2.45) is 17.8 Å². The van der Waals surface area contributed by atoms with Crippen LogP contribution in [-0.4, -0.2) is 35.6 Å². The van der Waals surface area contributed by atoms with E-state index in [2.05, 4.69) is 5.32 Å². The molecule has 1 saturated heterocycles. The molecule has 3 aromatic rings. The Hall–Kier alpha value is -4.95. The lowest BCUT2D eigenvalue weighted by molar-refractivity contribution is -0.123. The largest absolute Gasteiger partial charge is 0.503 e. The summed E-state index contributed by atoms with van der Waals surface area (Å²) in [5, 5.41) is 13.8. The van der Waals surface area contributed by atoms with Crippen molar-refractivity contribution in [3.63, 3.8) is 0 Å². The summed E-state index contributed by atoms with van der Waals surface area (Å²) in [6, 6.07) is 20.0. The zero-order valence-corrected chi connectivity index (χ0v) is 25.3. The molecule has 3 aliphatic carbocycles. The number of nitrogens with zero attached hydrogens (tertiary/aromatic N) is 1. The second-order valence-corrected chi connectivity index (χ2v) is 12.2. The molecule has 45 heavy (non-hydrogen) atoms. The second-order valence-electron chi connectivity index (χ2n) is 11.8. The normalized spacial score (nSPS) is 24.1. The Balaban J connectivity index is 1.27. The third kappa shape index (κ3) is 4.59. The Labute approximate surface area is 264 Å². The van der Waals surface area contributed by atoms with Crippen LogP contribution in [0.1, 0.15) is 31.2 Å². The number of ether oxygens (including phenoxy) is 1. The molecule has 4 aliphatic rings. The summed E-state index contributed by atoms with van der Waals surface area (Å²) in [6.07, 6.45) is 3.77. The maximum Gasteiger partial charge on any atom is 0.238 e. The number of amides is 2. The van der Waals surface area contributed by atoms with Gasteiger partial charge in [-0.2, -0.15) is 0 Å². The van der Waals surface area contributed by atoms with Crippen LogP contribution in [0.5, 0.6) is 11.5 Å². The summed E-state index contributed by atoms with van der Waals surface area (Å²) in [4.78, 5) is 56.3. The van der Waals surface area contributed by atoms with Gasteiger partial charge >= 0.3 is 0 Å². The van der Waals surface area contributed by atoms with E-state index in [0.29, 0.717) is 34.4 Å². The van der Waals surface area contributed by atoms with Crippen molar-refractivity contribution in [2.75, 3.05) is 17.3 Å². The molecule has 7 rings (SSSR count). The molecule has 2 amide bonds. The van der Waals surface area contributed by atoms with Crippen molar-refractivity contribution >= 4 is 52.0 Å². The summed E-state index contributed by atoms with van der Waals surface area (Å²) < 4.78 is 5.36. The Kier molecular flexibility index (Phi) is 6.97. The molecule has 8 nitrogen and oxygen atoms in total. The number of hydrogen-bond acceptors (Lipinski definition) is 7. The van der Waals surface area contributed by atoms with E-state index in [1.165, 1.54) is 18.1 Å². The monoisotopic (exact) mass is 620 g/mol. The molecule has 0 spiro atoms. The van der Waals surface area contributed by atoms with Crippen LogP contribution in [0.25, 0.3) is 0 Å². The van der Waals surface area contributed by atoms with E-state index in [-0.39, 0.29) is 46.3 Å². The van der Waals surface area contributed by atoms with E-state index < -0.39 is 23.7 Å². The highest BCUT2D eigenvalue weighted by atomic mass is 35.5. The number of aromatic hydroxyl groups is 1. The SMILES string of the molecule is COc1cc([C@H]2C3=CC[C@@H]4C(=O)N(c5ccc(Nc6ccccc6)cc5)C(=O)[C@@H]4[C@@H]3CC3=C2C(=O)C=C(C)C3=O)cc(Cl)c1O. The predicted molar refractivity (Wildman–Crippen MR) is 170 cm³/mol. The van der Waals surface area contributed by atoms with E-state index in [0.717, 1.165) is 16.9 Å². The number of anilines is 3. The van der Waals surface area contributed by atoms with E-state index in [1.54, 1.807) is 31.2 Å². The average molecular weight is 621 g/mol. The number of methoxy groups -OCH3 is 1. The molecule has 0 aromatic heterocycles. The number of halogens is 1. The topological polar surface area (TPSA) is 113 Å². The standard InChI is InChI=1S/C36H29ClN2O6/c1-18-14-28(40)32-26(33(18)41)17-25-23(30(32)19-15-27(37)34(42)29(16-19)45-2)12-13-24-31(25)36(44)39(35(24)43)22-10-8-21(9-11-22)38-20-6-4-3-5-7-20/h3-12,14-16,24-25,30-31,38,42H,13,17H2,1-2H3/t24-,25+,30-,31-/m0/s1. The number of rotatable bonds is 5. The van der Waals surface area contributed by atoms with Crippen LogP contribution < -0.4 is 15.0 Å². The van der Waals surface area contributed by atoms with Crippen LogP contribution >= 0.6 is 11.6 Å². The number of Topliss-reactive ketones (excluding diaryl/α,β-unsaturated/α-hetero) is 1. The minimum Gasteiger partial charge on any atom is -0.503 e. The van der Waals surface area contributed by atoms with E-state index >= 15 is 0 Å². The van der Waals surface area contributed by atoms with Crippen molar-refractivity contribution < 1.29 is 29.0 Å². The lowest BCUT2D eigenvalue weighted by Gasteiger charge is -2.42. The molecule has 1 aliphatic heterocycles. The summed E-state index contributed by atoms with van der Waals surface area (Å²) in [7, 11) is 1.40. The highest BCUT2D eigenvalue weighted by molar-refractivity contribution is 6.32. The highest BCUT2D eigenvalue weighted by Crippen LogP contribution is 2.56. The lowest BCUT2D eigenvalue weighted by atomic mass is 9.59. The fourth-order valence-electron chi connectivity index (χ4n) is 7.31. The fourth-order valence-corrected chi connectivity index (χ4v) is 7.53. The molecule has 226 valence electrons. The van der Waals surface area contributed by atoms with Crippen molar-refractivity contribution in [1.82, 2.24) is 0 Å². The van der Waals surface area contributed by atoms with Gasteiger partial charge < -0.3 is 15.2 Å². The third-order valence-electron chi connectivity index (χ3n) is 9.35. The van der Waals surface area contributed by atoms with Crippen LogP contribution in [0, 0.1) is 17.8 Å². The Morgan fingerprint density at radius 2 is 1.64 bits per heavy atom. The quantitative estimate of drug-likeness (QED) is 0.192. The van der Waals surface area contributed by atoms with Crippen LogP contribution in [0.4, 0.5) is 17.1 Å². The smallest absolute Gasteiger partial charge is 0.238 e. The number of carbonyl (C=O) groups excluding carboxylic acids is 4. The number of carbonyl (C=O) groups is 4. The second kappa shape index (κ2) is 10.9. The number of allylic oxidation sites excluding steroid dienone is 6. The molecule has 0 saturated carbocycles. The molecule has 1 heterocycles. The fraction of sp³-hybridized carbons (Fsp3) is 0.222. The van der Waals surface area contributed by atoms with Gasteiger partial charge in [0.2, 0.25) is 11.8 Å². The van der Waals surface area contributed by atoms with Gasteiger partial charge in [-0.15, -0.1) is 0 Å². The molecule has 9 heteroatoms. The van der Waals surface area contributed by atoms with Crippen molar-refractivity contribution in [3.05, 3.63) is 112 Å². The van der Waals surface area contributed by atoms with Crippen LogP contribution in [0.2, 0.25) is 5.02 Å². The Morgan fingerprint density at radius 3 is 2.36 bits per heavy atom. The Bertz CT molecular complexity index is 1890. The average Bonchev–Trinajstić information content (AvgIpc) is 3.30. The van der Waals surface area contributed by atoms with Gasteiger partial charge in [-0.25, -0.2) is 0 Å². The molecule has 0 bridgehead atoms. The zero-order chi connectivity index (χ0) is 31.6. The molecule has 2 N–H and O–H groups in total. The maximum absolute atomic E-state index is 14.2. The number of hydrogen-bond donors (Lipinski definition) is 2. The van der Waals surface area contributed by atoms with Gasteiger partial charge in [-0.1, -0.05) is 41.4 Å². The van der Waals surface area contributed by atoms with Gasteiger partial charge in [0.15, 0.2) is 23.1 Å². The number of phenols is 1. The molecule has 0 radical (unpaired) electrons. The molecule has 1 fully saturated rings. The first-order valence-corrected chi connectivity index (χ1v) is 15.1. The number of fused-ring (bicyclic) bond motifs is 3. The molecule has 3 aromatic carbocycles. The van der Waals surface area contributed by atoms with E-state index in [9.17, 15) is 24.3 Å². The number of phenolic OH excluding ortho intramolecular Hbond substituents is 1. The predicted octanol–water partition coefficient (Wildman–Crippen LogP) is 6.43. The summed E-state index contributed by atoms with van der Waals surface area (Å²) in [6.45, 7) is 1.61. The molecular formula is C36H29ClN2O6. The van der Waals surface area contributed by atoms with Crippen molar-refractivity contribution in [1.29, 1.82) is 0 Å². The lowest BCUT2D eigenvalue weighted by Crippen LogP contribution is -2.39. The van der Waals surface area contributed by atoms with Crippen molar-refractivity contribution in [2.45, 2.75) is 25.7 Å². The van der Waals surface area contributed by atoms with Crippen LogP contribution in [0.15, 0.2) is 101 Å². The minimum atomic E-state index is -0.709. The first-order valence-electron chi connectivity index (χ1n) is 14.7. The van der Waals surface area contributed by atoms with Gasteiger partial charge in [-0.05, 0) is 85.9 Å². The third-order valence-corrected chi connectivity index (χ3v) is 9.64. The Morgan fingerprint density at radius 1 is 0.933 bits per heavy atom. The first-order chi connectivity index (χ1) is 21.7. The number of benzene rings is 3. The van der Waals surface area contributed by atoms with Gasteiger partial charge in [0, 0.05) is 34.0 Å². The van der Waals surface area contributed by atoms with Crippen molar-refractivity contribution in [3.8, 4) is 11.5 Å². The van der Waals surface area contributed by atoms with Crippen LogP contribution in [0.3, 0.4) is 0 Å². The highest BCUT2D eigenvalue weighted by Gasteiger charge is 2.56. The molecular weight excluding hydrogens is 592 g/mol. The maximum atomic E-state index is 14.2. The van der Waals surface area contributed by atoms with E-state index in [1.807, 2.05) is 48.5 Å². The van der Waals surface area contributed by atoms with E-state index in [4.69, 9.17) is 16.3 Å². The first kappa shape index (κ1) is 28.8. The number of imide groups is 1. The van der Waals surface area contributed by atoms with Crippen LogP contribution in [-0.2, 0) is 19.2 Å². The summed E-state index contributed by atoms with van der Waals surface area (Å²) in [5.41, 5.74) is 4.57. The summed E-state index contributed by atoms with van der Waals surface area (Å²) >= 11 is 6.39. The number of ketones is 2. The molecule has 0 unspecified atom stereocenters.